The highest BCUT2D eigenvalue weighted by Gasteiger charge is 2.16. The standard InChI is InChI=1S/C16H17N5O5.2HNO3/c22-15(13-3-1-5-17-11-13)19-7-8-20(9-10-26-21(24)25)16(23)14-4-2-6-18-12-14;2*2-1(3)4/h1-6,11-12H,7-10H2,(H,19,22);2*(H,2,3,4). The fourth-order valence-corrected chi connectivity index (χ4v) is 2.12. The van der Waals surface area contributed by atoms with Gasteiger partial charge < -0.3 is 25.5 Å². The monoisotopic (exact) mass is 485 g/mol. The Hall–Kier alpha value is -5.16. The summed E-state index contributed by atoms with van der Waals surface area (Å²) in [6.45, 7) is 0.0476. The molecule has 0 radical (unpaired) electrons. The third-order valence-electron chi connectivity index (χ3n) is 3.34. The van der Waals surface area contributed by atoms with E-state index < -0.39 is 15.3 Å². The van der Waals surface area contributed by atoms with Gasteiger partial charge in [-0.2, -0.15) is 0 Å². The second-order valence-corrected chi connectivity index (χ2v) is 5.56. The molecule has 0 bridgehead atoms. The Kier molecular flexibility index (Phi) is 14.0. The number of rotatable bonds is 9. The van der Waals surface area contributed by atoms with Gasteiger partial charge in [0.05, 0.1) is 11.1 Å². The molecule has 0 unspecified atom stereocenters. The van der Waals surface area contributed by atoms with E-state index in [1.54, 1.807) is 30.5 Å². The molecule has 2 aromatic heterocycles. The van der Waals surface area contributed by atoms with Crippen LogP contribution in [0.15, 0.2) is 49.1 Å². The quantitative estimate of drug-likeness (QED) is 0.309. The third kappa shape index (κ3) is 14.8. The molecule has 2 rings (SSSR count). The highest BCUT2D eigenvalue weighted by molar-refractivity contribution is 5.94. The maximum absolute atomic E-state index is 12.5. The normalized spacial score (nSPS) is 9.06. The van der Waals surface area contributed by atoms with E-state index in [1.165, 1.54) is 23.5 Å². The summed E-state index contributed by atoms with van der Waals surface area (Å²) in [6, 6.07) is 6.46. The molecule has 0 aliphatic carbocycles. The molecule has 2 aromatic rings. The van der Waals surface area contributed by atoms with Crippen molar-refractivity contribution < 1.29 is 40.1 Å². The summed E-state index contributed by atoms with van der Waals surface area (Å²) in [5.41, 5.74) is 0.738. The van der Waals surface area contributed by atoms with Crippen molar-refractivity contribution >= 4 is 11.8 Å². The molecule has 2 heterocycles. The lowest BCUT2D eigenvalue weighted by Crippen LogP contribution is -2.40. The Morgan fingerprint density at radius 1 is 0.941 bits per heavy atom. The molecule has 18 heteroatoms. The van der Waals surface area contributed by atoms with Crippen LogP contribution in [0.4, 0.5) is 0 Å². The average molecular weight is 485 g/mol. The van der Waals surface area contributed by atoms with Crippen LogP contribution in [-0.2, 0) is 4.84 Å². The first-order chi connectivity index (χ1) is 16.0. The number of carbonyl (C=O) groups is 2. The second kappa shape index (κ2) is 16.5. The molecule has 0 saturated carbocycles. The molecule has 0 spiro atoms. The van der Waals surface area contributed by atoms with Crippen molar-refractivity contribution in [2.24, 2.45) is 0 Å². The van der Waals surface area contributed by atoms with Gasteiger partial charge in [0.2, 0.25) is 0 Å². The van der Waals surface area contributed by atoms with Crippen LogP contribution in [0.3, 0.4) is 0 Å². The maximum Gasteiger partial charge on any atom is 0.294 e. The molecule has 0 aliphatic rings. The lowest BCUT2D eigenvalue weighted by Gasteiger charge is -2.22. The number of amides is 2. The van der Waals surface area contributed by atoms with Gasteiger partial charge in [0.1, 0.15) is 6.61 Å². The van der Waals surface area contributed by atoms with E-state index in [9.17, 15) is 19.7 Å². The van der Waals surface area contributed by atoms with Crippen LogP contribution in [0.25, 0.3) is 0 Å². The van der Waals surface area contributed by atoms with E-state index >= 15 is 0 Å². The van der Waals surface area contributed by atoms with E-state index in [0.717, 1.165) is 0 Å². The van der Waals surface area contributed by atoms with Crippen LogP contribution < -0.4 is 5.32 Å². The summed E-state index contributed by atoms with van der Waals surface area (Å²) >= 11 is 0. The lowest BCUT2D eigenvalue weighted by atomic mass is 10.2. The number of aromatic nitrogens is 2. The molecule has 34 heavy (non-hydrogen) atoms. The minimum Gasteiger partial charge on any atom is -0.350 e. The Labute approximate surface area is 189 Å². The van der Waals surface area contributed by atoms with Gasteiger partial charge in [0, 0.05) is 44.4 Å². The van der Waals surface area contributed by atoms with Gasteiger partial charge in [0.15, 0.2) is 0 Å². The van der Waals surface area contributed by atoms with Gasteiger partial charge in [0.25, 0.3) is 27.1 Å². The molecule has 3 N–H and O–H groups in total. The van der Waals surface area contributed by atoms with Crippen LogP contribution in [0.5, 0.6) is 0 Å². The summed E-state index contributed by atoms with van der Waals surface area (Å²) < 4.78 is 0. The molecule has 0 aromatic carbocycles. The molecular weight excluding hydrogens is 466 g/mol. The average Bonchev–Trinajstić information content (AvgIpc) is 2.77. The van der Waals surface area contributed by atoms with Crippen molar-refractivity contribution in [2.45, 2.75) is 0 Å². The van der Waals surface area contributed by atoms with Crippen molar-refractivity contribution in [3.05, 3.63) is 90.5 Å². The zero-order valence-corrected chi connectivity index (χ0v) is 17.2. The van der Waals surface area contributed by atoms with Crippen LogP contribution in [0.1, 0.15) is 20.7 Å². The Morgan fingerprint density at radius 3 is 1.88 bits per heavy atom. The summed E-state index contributed by atoms with van der Waals surface area (Å²) in [7, 11) is 0. The second-order valence-electron chi connectivity index (χ2n) is 5.56. The van der Waals surface area contributed by atoms with Gasteiger partial charge in [-0.05, 0) is 24.3 Å². The molecule has 184 valence electrons. The van der Waals surface area contributed by atoms with E-state index in [0.29, 0.717) is 11.1 Å². The predicted octanol–water partition coefficient (Wildman–Crippen LogP) is -0.138. The topological polar surface area (TPSA) is 254 Å². The first kappa shape index (κ1) is 28.8. The number of hydrogen-bond acceptors (Lipinski definition) is 11. The van der Waals surface area contributed by atoms with Gasteiger partial charge in [-0.25, -0.2) is 0 Å². The molecule has 18 nitrogen and oxygen atoms in total. The lowest BCUT2D eigenvalue weighted by molar-refractivity contribution is -0.757. The van der Waals surface area contributed by atoms with Gasteiger partial charge in [-0.1, -0.05) is 0 Å². The summed E-state index contributed by atoms with van der Waals surface area (Å²) in [5.74, 6) is -0.686. The fourth-order valence-electron chi connectivity index (χ4n) is 2.12. The van der Waals surface area contributed by atoms with Crippen molar-refractivity contribution in [2.75, 3.05) is 26.2 Å². The molecule has 2 amide bonds. The number of nitrogens with zero attached hydrogens (tertiary/aromatic N) is 6. The SMILES string of the molecule is O=C(NCCN(CCO[N+](=O)[O-])C(=O)c1cccnc1)c1cccnc1.O=[N+]([O-])O.O=[N+]([O-])O. The maximum atomic E-state index is 12.5. The van der Waals surface area contributed by atoms with Gasteiger partial charge in [-0.15, -0.1) is 30.3 Å². The largest absolute Gasteiger partial charge is 0.350 e. The molecule has 0 saturated heterocycles. The van der Waals surface area contributed by atoms with Crippen LogP contribution in [-0.4, -0.2) is 78.6 Å². The van der Waals surface area contributed by atoms with Crippen molar-refractivity contribution in [1.29, 1.82) is 0 Å². The van der Waals surface area contributed by atoms with Crippen LogP contribution in [0, 0.1) is 30.3 Å². The van der Waals surface area contributed by atoms with E-state index in [-0.39, 0.29) is 38.1 Å². The first-order valence-corrected chi connectivity index (χ1v) is 8.86. The first-order valence-electron chi connectivity index (χ1n) is 8.86. The Bertz CT molecular complexity index is 911. The highest BCUT2D eigenvalue weighted by Crippen LogP contribution is 2.03. The smallest absolute Gasteiger partial charge is 0.294 e. The van der Waals surface area contributed by atoms with E-state index in [1.807, 2.05) is 0 Å². The summed E-state index contributed by atoms with van der Waals surface area (Å²) in [5, 5.41) is 39.3. The predicted molar refractivity (Wildman–Crippen MR) is 107 cm³/mol. The fraction of sp³-hybridized carbons (Fsp3) is 0.250. The summed E-state index contributed by atoms with van der Waals surface area (Å²) in [6.07, 6.45) is 5.92. The van der Waals surface area contributed by atoms with E-state index in [4.69, 9.17) is 30.6 Å². The van der Waals surface area contributed by atoms with Crippen molar-refractivity contribution in [1.82, 2.24) is 20.2 Å². The number of pyridine rings is 2. The zero-order valence-electron chi connectivity index (χ0n) is 17.2. The van der Waals surface area contributed by atoms with Crippen molar-refractivity contribution in [3.8, 4) is 0 Å². The molecular formula is C16H19N7O11. The minimum atomic E-state index is -1.50. The van der Waals surface area contributed by atoms with Crippen LogP contribution >= 0.6 is 0 Å². The molecule has 0 atom stereocenters. The number of nitrogens with one attached hydrogen (secondary N) is 1. The van der Waals surface area contributed by atoms with Gasteiger partial charge in [-0.3, -0.25) is 19.6 Å². The van der Waals surface area contributed by atoms with E-state index in [2.05, 4.69) is 20.1 Å². The van der Waals surface area contributed by atoms with Gasteiger partial charge >= 0.3 is 0 Å². The Morgan fingerprint density at radius 2 is 1.44 bits per heavy atom. The zero-order chi connectivity index (χ0) is 25.9. The Balaban J connectivity index is 0.00000118. The highest BCUT2D eigenvalue weighted by atomic mass is 16.9. The molecule has 0 fully saturated rings. The summed E-state index contributed by atoms with van der Waals surface area (Å²) in [4.78, 5) is 64.9. The van der Waals surface area contributed by atoms with Crippen molar-refractivity contribution in [3.63, 3.8) is 0 Å². The minimum absolute atomic E-state index is 0.00251. The number of carbonyl (C=O) groups excluding carboxylic acids is 2. The molecule has 0 aliphatic heterocycles. The van der Waals surface area contributed by atoms with Crippen LogP contribution in [0.2, 0.25) is 0 Å². The third-order valence-corrected chi connectivity index (χ3v) is 3.34. The number of hydrogen-bond donors (Lipinski definition) is 3.